The molecule has 98 valence electrons. The molecule has 1 rings (SSSR count). The smallest absolute Gasteiger partial charge is 0.306 e. The number of hydrogen-bond donors (Lipinski definition) is 2. The minimum atomic E-state index is -1.22. The third-order valence-electron chi connectivity index (χ3n) is 2.91. The van der Waals surface area contributed by atoms with Crippen molar-refractivity contribution in [2.24, 2.45) is 0 Å². The summed E-state index contributed by atoms with van der Waals surface area (Å²) in [6, 6.07) is 0. The molecule has 0 aromatic carbocycles. The van der Waals surface area contributed by atoms with Gasteiger partial charge in [0, 0.05) is 39.6 Å². The average Bonchev–Trinajstić information content (AvgIpc) is 2.15. The van der Waals surface area contributed by atoms with E-state index < -0.39 is 11.6 Å². The number of hydrogen-bond acceptors (Lipinski definition) is 4. The van der Waals surface area contributed by atoms with Crippen LogP contribution in [0.15, 0.2) is 0 Å². The Morgan fingerprint density at radius 2 is 1.76 bits per heavy atom. The monoisotopic (exact) mass is 244 g/mol. The molecule has 1 amide bonds. The second kappa shape index (κ2) is 5.46. The van der Waals surface area contributed by atoms with Crippen molar-refractivity contribution in [2.75, 3.05) is 32.7 Å². The number of β-amino-alcohol motifs (C(OH)–C–C–N with tert-alkyl or cyclic N) is 1. The molecule has 0 aromatic heterocycles. The number of carboxylic acid groups (broad SMARTS) is 1. The van der Waals surface area contributed by atoms with Gasteiger partial charge in [0.15, 0.2) is 0 Å². The van der Waals surface area contributed by atoms with Gasteiger partial charge in [-0.2, -0.15) is 0 Å². The lowest BCUT2D eigenvalue weighted by Gasteiger charge is -2.37. The van der Waals surface area contributed by atoms with E-state index in [9.17, 15) is 14.7 Å². The summed E-state index contributed by atoms with van der Waals surface area (Å²) in [6.45, 7) is 6.02. The number of carboxylic acids is 1. The summed E-state index contributed by atoms with van der Waals surface area (Å²) in [6.07, 6.45) is -0.264. The zero-order valence-electron chi connectivity index (χ0n) is 10.3. The van der Waals surface area contributed by atoms with Crippen LogP contribution >= 0.6 is 0 Å². The Morgan fingerprint density at radius 3 is 2.18 bits per heavy atom. The summed E-state index contributed by atoms with van der Waals surface area (Å²) in [7, 11) is 0. The van der Waals surface area contributed by atoms with Crippen LogP contribution in [0.25, 0.3) is 0 Å². The van der Waals surface area contributed by atoms with E-state index in [-0.39, 0.29) is 12.3 Å². The summed E-state index contributed by atoms with van der Waals surface area (Å²) in [4.78, 5) is 25.4. The number of aliphatic carboxylic acids is 1. The van der Waals surface area contributed by atoms with Crippen molar-refractivity contribution < 1.29 is 19.8 Å². The van der Waals surface area contributed by atoms with Gasteiger partial charge in [-0.3, -0.25) is 14.5 Å². The maximum atomic E-state index is 11.1. The highest BCUT2D eigenvalue weighted by Gasteiger charge is 2.29. The third kappa shape index (κ3) is 4.70. The van der Waals surface area contributed by atoms with E-state index in [1.807, 2.05) is 4.90 Å². The van der Waals surface area contributed by atoms with Crippen LogP contribution in [0.4, 0.5) is 0 Å². The van der Waals surface area contributed by atoms with E-state index in [2.05, 4.69) is 0 Å². The van der Waals surface area contributed by atoms with Gasteiger partial charge in [-0.1, -0.05) is 0 Å². The summed E-state index contributed by atoms with van der Waals surface area (Å²) < 4.78 is 0. The fourth-order valence-electron chi connectivity index (χ4n) is 2.08. The van der Waals surface area contributed by atoms with Gasteiger partial charge in [0.1, 0.15) is 0 Å². The van der Waals surface area contributed by atoms with Gasteiger partial charge in [-0.05, 0) is 6.92 Å². The summed E-state index contributed by atoms with van der Waals surface area (Å²) in [5, 5.41) is 18.6. The summed E-state index contributed by atoms with van der Waals surface area (Å²) in [5.74, 6) is -0.945. The highest BCUT2D eigenvalue weighted by molar-refractivity contribution is 5.73. The summed E-state index contributed by atoms with van der Waals surface area (Å²) in [5.41, 5.74) is -1.22. The molecule has 6 nitrogen and oxygen atoms in total. The Hall–Kier alpha value is -1.14. The lowest BCUT2D eigenvalue weighted by molar-refractivity contribution is -0.142. The van der Waals surface area contributed by atoms with E-state index in [1.165, 1.54) is 13.8 Å². The molecule has 1 saturated heterocycles. The molecule has 0 spiro atoms. The van der Waals surface area contributed by atoms with Crippen LogP contribution in [0.2, 0.25) is 0 Å². The minimum Gasteiger partial charge on any atom is -0.481 e. The standard InChI is InChI=1S/C11H20N2O4/c1-9(14)13-5-3-12(4-6-13)8-11(2,17)7-10(15)16/h17H,3-8H2,1-2H3,(H,15,16). The summed E-state index contributed by atoms with van der Waals surface area (Å²) >= 11 is 0. The van der Waals surface area contributed by atoms with Gasteiger partial charge in [0.2, 0.25) is 5.91 Å². The Bertz CT molecular complexity index is 296. The number of carbonyl (C=O) groups excluding carboxylic acids is 1. The topological polar surface area (TPSA) is 81.1 Å². The van der Waals surface area contributed by atoms with Crippen molar-refractivity contribution in [3.05, 3.63) is 0 Å². The van der Waals surface area contributed by atoms with Crippen LogP contribution < -0.4 is 0 Å². The van der Waals surface area contributed by atoms with Gasteiger partial charge in [0.25, 0.3) is 0 Å². The van der Waals surface area contributed by atoms with Crippen molar-refractivity contribution in [1.29, 1.82) is 0 Å². The Morgan fingerprint density at radius 1 is 1.24 bits per heavy atom. The van der Waals surface area contributed by atoms with Gasteiger partial charge in [0.05, 0.1) is 12.0 Å². The van der Waals surface area contributed by atoms with Crippen molar-refractivity contribution in [1.82, 2.24) is 9.80 Å². The van der Waals surface area contributed by atoms with Crippen LogP contribution in [-0.4, -0.2) is 70.2 Å². The molecule has 1 fully saturated rings. The normalized spacial score (nSPS) is 21.0. The lowest BCUT2D eigenvalue weighted by Crippen LogP contribution is -2.52. The molecule has 0 saturated carbocycles. The predicted molar refractivity (Wildman–Crippen MR) is 61.6 cm³/mol. The number of rotatable bonds is 4. The maximum Gasteiger partial charge on any atom is 0.306 e. The first kappa shape index (κ1) is 13.9. The van der Waals surface area contributed by atoms with E-state index >= 15 is 0 Å². The van der Waals surface area contributed by atoms with E-state index in [0.717, 1.165) is 0 Å². The Balaban J connectivity index is 2.39. The molecule has 0 aliphatic carbocycles. The van der Waals surface area contributed by atoms with E-state index in [1.54, 1.807) is 4.90 Å². The molecule has 1 aliphatic heterocycles. The molecule has 2 N–H and O–H groups in total. The molecular weight excluding hydrogens is 224 g/mol. The molecular formula is C11H20N2O4. The molecule has 1 heterocycles. The highest BCUT2D eigenvalue weighted by Crippen LogP contribution is 2.13. The molecule has 17 heavy (non-hydrogen) atoms. The zero-order valence-corrected chi connectivity index (χ0v) is 10.3. The highest BCUT2D eigenvalue weighted by atomic mass is 16.4. The number of aliphatic hydroxyl groups is 1. The van der Waals surface area contributed by atoms with Crippen LogP contribution in [0.3, 0.4) is 0 Å². The quantitative estimate of drug-likeness (QED) is 0.688. The largest absolute Gasteiger partial charge is 0.481 e. The predicted octanol–water partition coefficient (Wildman–Crippen LogP) is -0.624. The SMILES string of the molecule is CC(=O)N1CCN(CC(C)(O)CC(=O)O)CC1. The van der Waals surface area contributed by atoms with Crippen molar-refractivity contribution in [3.63, 3.8) is 0 Å². The first-order chi connectivity index (χ1) is 7.80. The van der Waals surface area contributed by atoms with Gasteiger partial charge in [-0.15, -0.1) is 0 Å². The lowest BCUT2D eigenvalue weighted by atomic mass is 10.0. The maximum absolute atomic E-state index is 11.1. The average molecular weight is 244 g/mol. The van der Waals surface area contributed by atoms with Crippen molar-refractivity contribution in [2.45, 2.75) is 25.9 Å². The fraction of sp³-hybridized carbons (Fsp3) is 0.818. The van der Waals surface area contributed by atoms with Crippen LogP contribution in [0, 0.1) is 0 Å². The molecule has 1 unspecified atom stereocenters. The van der Waals surface area contributed by atoms with Gasteiger partial charge >= 0.3 is 5.97 Å². The van der Waals surface area contributed by atoms with Crippen molar-refractivity contribution in [3.8, 4) is 0 Å². The molecule has 0 bridgehead atoms. The van der Waals surface area contributed by atoms with E-state index in [4.69, 9.17) is 5.11 Å². The Labute approximate surface area is 101 Å². The number of amides is 1. The second-order valence-corrected chi connectivity index (χ2v) is 4.85. The number of nitrogens with zero attached hydrogens (tertiary/aromatic N) is 2. The first-order valence-electron chi connectivity index (χ1n) is 5.72. The minimum absolute atomic E-state index is 0.0574. The van der Waals surface area contributed by atoms with Crippen LogP contribution in [0.1, 0.15) is 20.3 Å². The van der Waals surface area contributed by atoms with E-state index in [0.29, 0.717) is 32.7 Å². The van der Waals surface area contributed by atoms with Crippen LogP contribution in [0.5, 0.6) is 0 Å². The molecule has 1 atom stereocenters. The van der Waals surface area contributed by atoms with Crippen LogP contribution in [-0.2, 0) is 9.59 Å². The number of piperazine rings is 1. The molecule has 1 aliphatic rings. The first-order valence-corrected chi connectivity index (χ1v) is 5.72. The zero-order chi connectivity index (χ0) is 13.1. The number of carbonyl (C=O) groups is 2. The second-order valence-electron chi connectivity index (χ2n) is 4.85. The van der Waals surface area contributed by atoms with Gasteiger partial charge in [-0.25, -0.2) is 0 Å². The molecule has 0 radical (unpaired) electrons. The third-order valence-corrected chi connectivity index (χ3v) is 2.91. The fourth-order valence-corrected chi connectivity index (χ4v) is 2.08. The van der Waals surface area contributed by atoms with Crippen molar-refractivity contribution >= 4 is 11.9 Å². The Kier molecular flexibility index (Phi) is 4.47. The molecule has 6 heteroatoms. The van der Waals surface area contributed by atoms with Gasteiger partial charge < -0.3 is 15.1 Å². The molecule has 0 aromatic rings.